The average Bonchev–Trinajstić information content (AvgIpc) is 2.74. The van der Waals surface area contributed by atoms with Crippen molar-refractivity contribution in [3.8, 4) is 0 Å². The van der Waals surface area contributed by atoms with Crippen molar-refractivity contribution < 1.29 is 9.59 Å². The van der Waals surface area contributed by atoms with Crippen LogP contribution >= 0.6 is 11.5 Å². The van der Waals surface area contributed by atoms with Crippen LogP contribution in [0.5, 0.6) is 0 Å². The first-order chi connectivity index (χ1) is 9.45. The molecule has 1 rings (SSSR count). The first-order valence-corrected chi connectivity index (χ1v) is 7.29. The van der Waals surface area contributed by atoms with E-state index in [0.717, 1.165) is 18.0 Å². The van der Waals surface area contributed by atoms with Crippen molar-refractivity contribution in [3.05, 3.63) is 5.56 Å². The summed E-state index contributed by atoms with van der Waals surface area (Å²) in [6.07, 6.45) is 0.876. The first kappa shape index (κ1) is 16.2. The van der Waals surface area contributed by atoms with Crippen molar-refractivity contribution in [3.63, 3.8) is 0 Å². The molecule has 0 spiro atoms. The average molecular weight is 299 g/mol. The predicted molar refractivity (Wildman–Crippen MR) is 80.9 cm³/mol. The highest BCUT2D eigenvalue weighted by Gasteiger charge is 2.20. The minimum atomic E-state index is -0.289. The lowest BCUT2D eigenvalue weighted by Gasteiger charge is -2.10. The van der Waals surface area contributed by atoms with E-state index < -0.39 is 0 Å². The fourth-order valence-electron chi connectivity index (χ4n) is 1.46. The number of nitrogens with two attached hydrogens (primary N) is 1. The number of hydrogen-bond donors (Lipinski definition) is 4. The van der Waals surface area contributed by atoms with Crippen LogP contribution in [0.4, 0.5) is 10.8 Å². The predicted octanol–water partition coefficient (Wildman–Crippen LogP) is 0.802. The molecule has 0 aromatic carbocycles. The van der Waals surface area contributed by atoms with Gasteiger partial charge in [0.15, 0.2) is 5.82 Å². The number of anilines is 2. The second-order valence-corrected chi connectivity index (χ2v) is 5.38. The Hall–Kier alpha value is -1.83. The lowest BCUT2D eigenvalue weighted by molar-refractivity contribution is -0.119. The largest absolute Gasteiger partial charge is 0.382 e. The number of rotatable bonds is 7. The Bertz CT molecular complexity index is 472. The van der Waals surface area contributed by atoms with Crippen LogP contribution in [0.25, 0.3) is 0 Å². The van der Waals surface area contributed by atoms with E-state index in [1.807, 2.05) is 20.8 Å². The van der Waals surface area contributed by atoms with Gasteiger partial charge in [-0.2, -0.15) is 4.37 Å². The molecule has 0 radical (unpaired) electrons. The van der Waals surface area contributed by atoms with E-state index in [-0.39, 0.29) is 30.2 Å². The lowest BCUT2D eigenvalue weighted by atomic mass is 10.2. The van der Waals surface area contributed by atoms with Crippen molar-refractivity contribution in [1.82, 2.24) is 15.0 Å². The lowest BCUT2D eigenvalue weighted by Crippen LogP contribution is -2.32. The van der Waals surface area contributed by atoms with E-state index in [9.17, 15) is 9.59 Å². The molecule has 0 aliphatic rings. The summed E-state index contributed by atoms with van der Waals surface area (Å²) < 4.78 is 3.95. The first-order valence-electron chi connectivity index (χ1n) is 6.52. The van der Waals surface area contributed by atoms with Gasteiger partial charge in [0.1, 0.15) is 10.6 Å². The molecule has 0 saturated heterocycles. The van der Waals surface area contributed by atoms with Crippen molar-refractivity contribution in [2.45, 2.75) is 33.2 Å². The van der Waals surface area contributed by atoms with Gasteiger partial charge in [0, 0.05) is 12.6 Å². The summed E-state index contributed by atoms with van der Waals surface area (Å²) in [7, 11) is 0. The summed E-state index contributed by atoms with van der Waals surface area (Å²) in [4.78, 5) is 23.5. The summed E-state index contributed by atoms with van der Waals surface area (Å²) in [6.45, 7) is 6.42. The molecule has 20 heavy (non-hydrogen) atoms. The standard InChI is InChI=1S/C12H21N5O2S/c1-4-5-14-8(18)6-15-12-9(10(13)17-20-12)11(19)16-7(2)3/h7,15H,4-6H2,1-3H3,(H2,13,17)(H,14,18)(H,16,19). The minimum Gasteiger partial charge on any atom is -0.382 e. The fraction of sp³-hybridized carbons (Fsp3) is 0.583. The number of nitrogen functional groups attached to an aromatic ring is 1. The zero-order chi connectivity index (χ0) is 15.1. The van der Waals surface area contributed by atoms with Gasteiger partial charge in [-0.15, -0.1) is 0 Å². The maximum Gasteiger partial charge on any atom is 0.258 e. The summed E-state index contributed by atoms with van der Waals surface area (Å²) in [5.74, 6) is -0.249. The van der Waals surface area contributed by atoms with E-state index in [1.165, 1.54) is 0 Å². The molecule has 7 nitrogen and oxygen atoms in total. The quantitative estimate of drug-likeness (QED) is 0.595. The van der Waals surface area contributed by atoms with Gasteiger partial charge in [0.05, 0.1) is 6.54 Å². The Morgan fingerprint density at radius 2 is 2.10 bits per heavy atom. The number of carbonyl (C=O) groups is 2. The molecule has 0 fully saturated rings. The second kappa shape index (κ2) is 7.68. The van der Waals surface area contributed by atoms with Crippen LogP contribution in [0.1, 0.15) is 37.6 Å². The molecule has 0 aliphatic carbocycles. The molecule has 2 amide bonds. The van der Waals surface area contributed by atoms with Crippen molar-refractivity contribution in [2.75, 3.05) is 24.1 Å². The van der Waals surface area contributed by atoms with Gasteiger partial charge < -0.3 is 21.7 Å². The number of hydrogen-bond acceptors (Lipinski definition) is 6. The Balaban J connectivity index is 2.67. The Morgan fingerprint density at radius 3 is 2.70 bits per heavy atom. The highest BCUT2D eigenvalue weighted by molar-refractivity contribution is 7.11. The number of nitrogens with one attached hydrogen (secondary N) is 3. The number of aromatic nitrogens is 1. The van der Waals surface area contributed by atoms with Crippen molar-refractivity contribution >= 4 is 34.2 Å². The van der Waals surface area contributed by atoms with Gasteiger partial charge >= 0.3 is 0 Å². The van der Waals surface area contributed by atoms with Crippen LogP contribution in [0.3, 0.4) is 0 Å². The Morgan fingerprint density at radius 1 is 1.40 bits per heavy atom. The molecule has 1 aromatic rings. The van der Waals surface area contributed by atoms with Gasteiger partial charge in [-0.3, -0.25) is 9.59 Å². The maximum absolute atomic E-state index is 12.0. The summed E-state index contributed by atoms with van der Waals surface area (Å²) in [6, 6.07) is 0.00232. The number of carbonyl (C=O) groups excluding carboxylic acids is 2. The third-order valence-electron chi connectivity index (χ3n) is 2.35. The molecule has 0 saturated carbocycles. The van der Waals surface area contributed by atoms with E-state index in [1.54, 1.807) is 0 Å². The van der Waals surface area contributed by atoms with E-state index >= 15 is 0 Å². The van der Waals surface area contributed by atoms with E-state index in [4.69, 9.17) is 5.73 Å². The van der Waals surface area contributed by atoms with Crippen LogP contribution in [0.15, 0.2) is 0 Å². The third kappa shape index (κ3) is 4.69. The van der Waals surface area contributed by atoms with Gasteiger partial charge in [0.2, 0.25) is 5.91 Å². The summed E-state index contributed by atoms with van der Waals surface area (Å²) in [5, 5.41) is 8.90. The highest BCUT2D eigenvalue weighted by atomic mass is 32.1. The van der Waals surface area contributed by atoms with Crippen LogP contribution in [0.2, 0.25) is 0 Å². The second-order valence-electron chi connectivity index (χ2n) is 4.60. The molecule has 0 unspecified atom stereocenters. The van der Waals surface area contributed by atoms with Crippen LogP contribution < -0.4 is 21.7 Å². The zero-order valence-corrected chi connectivity index (χ0v) is 12.8. The molecule has 0 bridgehead atoms. The molecule has 1 heterocycles. The Labute approximate surface area is 122 Å². The number of nitrogens with zero attached hydrogens (tertiary/aromatic N) is 1. The van der Waals surface area contributed by atoms with Crippen LogP contribution in [-0.2, 0) is 4.79 Å². The molecular weight excluding hydrogens is 278 g/mol. The zero-order valence-electron chi connectivity index (χ0n) is 11.9. The van der Waals surface area contributed by atoms with Gasteiger partial charge in [-0.1, -0.05) is 6.92 Å². The summed E-state index contributed by atoms with van der Waals surface area (Å²) >= 11 is 1.07. The summed E-state index contributed by atoms with van der Waals surface area (Å²) in [5.41, 5.74) is 6.00. The van der Waals surface area contributed by atoms with E-state index in [2.05, 4.69) is 20.3 Å². The smallest absolute Gasteiger partial charge is 0.258 e. The van der Waals surface area contributed by atoms with Gasteiger partial charge in [0.25, 0.3) is 5.91 Å². The van der Waals surface area contributed by atoms with E-state index in [0.29, 0.717) is 17.1 Å². The molecule has 0 atom stereocenters. The van der Waals surface area contributed by atoms with Crippen LogP contribution in [0, 0.1) is 0 Å². The fourth-order valence-corrected chi connectivity index (χ4v) is 2.17. The number of amides is 2. The highest BCUT2D eigenvalue weighted by Crippen LogP contribution is 2.26. The molecule has 112 valence electrons. The topological polar surface area (TPSA) is 109 Å². The van der Waals surface area contributed by atoms with Crippen molar-refractivity contribution in [1.29, 1.82) is 0 Å². The Kier molecular flexibility index (Phi) is 6.23. The van der Waals surface area contributed by atoms with Crippen molar-refractivity contribution in [2.24, 2.45) is 0 Å². The normalized spacial score (nSPS) is 10.4. The monoisotopic (exact) mass is 299 g/mol. The molecule has 8 heteroatoms. The van der Waals surface area contributed by atoms with Gasteiger partial charge in [-0.25, -0.2) is 0 Å². The SMILES string of the molecule is CCCNC(=O)CNc1snc(N)c1C(=O)NC(C)C. The van der Waals surface area contributed by atoms with Gasteiger partial charge in [-0.05, 0) is 31.8 Å². The third-order valence-corrected chi connectivity index (χ3v) is 3.17. The molecular formula is C12H21N5O2S. The minimum absolute atomic E-state index is 0.00232. The van der Waals surface area contributed by atoms with Crippen LogP contribution in [-0.4, -0.2) is 35.3 Å². The molecule has 1 aromatic heterocycles. The molecule has 0 aliphatic heterocycles. The maximum atomic E-state index is 12.0. The molecule has 5 N–H and O–H groups in total.